The highest BCUT2D eigenvalue weighted by Crippen LogP contribution is 2.37. The zero-order valence-electron chi connectivity index (χ0n) is 15.1. The number of nitrogens with one attached hydrogen (secondary N) is 1. The number of alkyl halides is 3. The minimum Gasteiger partial charge on any atom is -0.482 e. The molecule has 3 aromatic rings. The lowest BCUT2D eigenvalue weighted by Gasteiger charge is -2.19. The van der Waals surface area contributed by atoms with E-state index < -0.39 is 11.9 Å². The smallest absolute Gasteiger partial charge is 0.435 e. The molecular weight excluding hydrogens is 371 g/mol. The van der Waals surface area contributed by atoms with Gasteiger partial charge in [0.05, 0.1) is 17.1 Å². The number of carbonyl (C=O) groups excluding carboxylic acids is 1. The van der Waals surface area contributed by atoms with Crippen LogP contribution in [0.5, 0.6) is 5.75 Å². The highest BCUT2D eigenvalue weighted by Gasteiger charge is 2.35. The molecule has 1 N–H and O–H groups in total. The molecule has 0 spiro atoms. The van der Waals surface area contributed by atoms with E-state index in [-0.39, 0.29) is 18.2 Å². The topological polar surface area (TPSA) is 56.2 Å². The zero-order chi connectivity index (χ0) is 20.1. The lowest BCUT2D eigenvalue weighted by molar-refractivity contribution is -0.141. The van der Waals surface area contributed by atoms with Gasteiger partial charge in [0, 0.05) is 5.56 Å². The number of hydrogen-bond acceptors (Lipinski definition) is 3. The minimum absolute atomic E-state index is 0.0924. The van der Waals surface area contributed by atoms with Gasteiger partial charge < -0.3 is 10.1 Å². The maximum absolute atomic E-state index is 13.4. The lowest BCUT2D eigenvalue weighted by Crippen LogP contribution is -2.25. The van der Waals surface area contributed by atoms with Gasteiger partial charge in [-0.05, 0) is 49.2 Å². The van der Waals surface area contributed by atoms with Crippen LogP contribution in [0.25, 0.3) is 16.9 Å². The van der Waals surface area contributed by atoms with Gasteiger partial charge in [0.1, 0.15) is 5.75 Å². The molecule has 28 heavy (non-hydrogen) atoms. The maximum Gasteiger partial charge on any atom is 0.435 e. The fourth-order valence-corrected chi connectivity index (χ4v) is 3.28. The second-order valence-corrected chi connectivity index (χ2v) is 6.61. The average Bonchev–Trinajstić information content (AvgIpc) is 3.06. The first-order valence-corrected chi connectivity index (χ1v) is 8.55. The van der Waals surface area contributed by atoms with Crippen molar-refractivity contribution in [2.45, 2.75) is 20.0 Å². The highest BCUT2D eigenvalue weighted by atomic mass is 19.4. The van der Waals surface area contributed by atoms with E-state index in [9.17, 15) is 18.0 Å². The number of ether oxygens (including phenoxy) is 1. The van der Waals surface area contributed by atoms with Gasteiger partial charge in [0.15, 0.2) is 12.3 Å². The van der Waals surface area contributed by atoms with Crippen molar-refractivity contribution in [3.63, 3.8) is 0 Å². The zero-order valence-corrected chi connectivity index (χ0v) is 15.1. The Morgan fingerprint density at radius 3 is 2.50 bits per heavy atom. The summed E-state index contributed by atoms with van der Waals surface area (Å²) >= 11 is 0. The van der Waals surface area contributed by atoms with Crippen molar-refractivity contribution in [2.24, 2.45) is 0 Å². The van der Waals surface area contributed by atoms with Crippen LogP contribution in [-0.4, -0.2) is 22.3 Å². The van der Waals surface area contributed by atoms with Crippen LogP contribution in [0, 0.1) is 13.8 Å². The average molecular weight is 387 g/mol. The molecule has 0 radical (unpaired) electrons. The normalized spacial score (nSPS) is 13.7. The summed E-state index contributed by atoms with van der Waals surface area (Å²) in [5.41, 5.74) is 2.37. The Balaban J connectivity index is 1.93. The number of aryl methyl sites for hydroxylation is 2. The van der Waals surface area contributed by atoms with E-state index in [4.69, 9.17) is 4.74 Å². The molecule has 0 unspecified atom stereocenters. The number of halogens is 3. The van der Waals surface area contributed by atoms with Crippen molar-refractivity contribution in [2.75, 3.05) is 11.9 Å². The fourth-order valence-electron chi connectivity index (χ4n) is 3.28. The Kier molecular flexibility index (Phi) is 4.14. The van der Waals surface area contributed by atoms with Crippen LogP contribution in [-0.2, 0) is 11.0 Å². The van der Waals surface area contributed by atoms with Gasteiger partial charge in [-0.25, -0.2) is 4.68 Å². The molecule has 0 atom stereocenters. The number of hydrogen-bond donors (Lipinski definition) is 1. The Morgan fingerprint density at radius 1 is 1.11 bits per heavy atom. The Bertz CT molecular complexity index is 1070. The standard InChI is InChI=1S/C20H16F3N3O2/c1-11-4-3-5-12(2)19(11)26-15(9-17(25-26)20(21,22)23)13-6-7-16-14(8-13)24-18(27)10-28-16/h3-9H,10H2,1-2H3,(H,24,27). The molecule has 1 amide bonds. The molecule has 4 rings (SSSR count). The molecule has 0 saturated heterocycles. The first kappa shape index (κ1) is 18.1. The van der Waals surface area contributed by atoms with Crippen LogP contribution in [0.2, 0.25) is 0 Å². The number of anilines is 1. The summed E-state index contributed by atoms with van der Waals surface area (Å²) in [4.78, 5) is 11.6. The Morgan fingerprint density at radius 2 is 1.82 bits per heavy atom. The summed E-state index contributed by atoms with van der Waals surface area (Å²) in [5.74, 6) is 0.154. The van der Waals surface area contributed by atoms with Gasteiger partial charge in [0.2, 0.25) is 0 Å². The van der Waals surface area contributed by atoms with Crippen LogP contribution < -0.4 is 10.1 Å². The largest absolute Gasteiger partial charge is 0.482 e. The van der Waals surface area contributed by atoms with E-state index in [1.54, 1.807) is 18.2 Å². The number of rotatable bonds is 2. The number of para-hydroxylation sites is 1. The fraction of sp³-hybridized carbons (Fsp3) is 0.200. The SMILES string of the molecule is Cc1cccc(C)c1-n1nc(C(F)(F)F)cc1-c1ccc2c(c1)NC(=O)CO2. The molecule has 8 heteroatoms. The molecule has 1 aliphatic rings. The van der Waals surface area contributed by atoms with E-state index in [2.05, 4.69) is 10.4 Å². The maximum atomic E-state index is 13.4. The lowest BCUT2D eigenvalue weighted by atomic mass is 10.1. The van der Waals surface area contributed by atoms with Gasteiger partial charge in [-0.2, -0.15) is 18.3 Å². The van der Waals surface area contributed by atoms with Crippen molar-refractivity contribution in [1.29, 1.82) is 0 Å². The number of carbonyl (C=O) groups is 1. The molecule has 5 nitrogen and oxygen atoms in total. The molecule has 144 valence electrons. The van der Waals surface area contributed by atoms with Gasteiger partial charge >= 0.3 is 6.18 Å². The minimum atomic E-state index is -4.58. The van der Waals surface area contributed by atoms with E-state index in [1.165, 1.54) is 4.68 Å². The molecule has 2 heterocycles. The van der Waals surface area contributed by atoms with Crippen molar-refractivity contribution < 1.29 is 22.7 Å². The highest BCUT2D eigenvalue weighted by molar-refractivity contribution is 5.96. The molecule has 0 fully saturated rings. The molecule has 2 aromatic carbocycles. The molecule has 0 saturated carbocycles. The van der Waals surface area contributed by atoms with Crippen molar-refractivity contribution in [3.8, 4) is 22.7 Å². The van der Waals surface area contributed by atoms with Crippen LogP contribution in [0.4, 0.5) is 18.9 Å². The van der Waals surface area contributed by atoms with Crippen LogP contribution >= 0.6 is 0 Å². The van der Waals surface area contributed by atoms with Gasteiger partial charge in [-0.15, -0.1) is 0 Å². The van der Waals surface area contributed by atoms with Crippen LogP contribution in [0.15, 0.2) is 42.5 Å². The van der Waals surface area contributed by atoms with Gasteiger partial charge in [0.25, 0.3) is 5.91 Å². The summed E-state index contributed by atoms with van der Waals surface area (Å²) < 4.78 is 46.8. The molecular formula is C20H16F3N3O2. The predicted octanol–water partition coefficient (Wildman–Crippen LogP) is 4.51. The first-order chi connectivity index (χ1) is 13.2. The summed E-state index contributed by atoms with van der Waals surface area (Å²) in [6.45, 7) is 3.55. The number of benzene rings is 2. The van der Waals surface area contributed by atoms with E-state index in [0.717, 1.165) is 17.2 Å². The van der Waals surface area contributed by atoms with E-state index >= 15 is 0 Å². The third kappa shape index (κ3) is 3.11. The van der Waals surface area contributed by atoms with E-state index in [1.807, 2.05) is 32.0 Å². The van der Waals surface area contributed by atoms with Gasteiger partial charge in [-0.3, -0.25) is 4.79 Å². The van der Waals surface area contributed by atoms with E-state index in [0.29, 0.717) is 22.7 Å². The van der Waals surface area contributed by atoms with Crippen molar-refractivity contribution in [1.82, 2.24) is 9.78 Å². The Labute approximate surface area is 158 Å². The summed E-state index contributed by atoms with van der Waals surface area (Å²) in [5, 5.41) is 6.52. The molecule has 1 aromatic heterocycles. The quantitative estimate of drug-likeness (QED) is 0.704. The number of fused-ring (bicyclic) bond motifs is 1. The van der Waals surface area contributed by atoms with Crippen molar-refractivity contribution >= 4 is 11.6 Å². The monoisotopic (exact) mass is 387 g/mol. The van der Waals surface area contributed by atoms with Crippen LogP contribution in [0.3, 0.4) is 0 Å². The summed E-state index contributed by atoms with van der Waals surface area (Å²) in [6.07, 6.45) is -4.58. The number of amides is 1. The third-order valence-corrected chi connectivity index (χ3v) is 4.56. The second-order valence-electron chi connectivity index (χ2n) is 6.61. The third-order valence-electron chi connectivity index (χ3n) is 4.56. The second kappa shape index (κ2) is 6.40. The predicted molar refractivity (Wildman–Crippen MR) is 97.6 cm³/mol. The Hall–Kier alpha value is -3.29. The molecule has 0 bridgehead atoms. The van der Waals surface area contributed by atoms with Crippen molar-refractivity contribution in [3.05, 3.63) is 59.3 Å². The first-order valence-electron chi connectivity index (χ1n) is 8.55. The number of aromatic nitrogens is 2. The molecule has 0 aliphatic carbocycles. The number of nitrogens with zero attached hydrogens (tertiary/aromatic N) is 2. The van der Waals surface area contributed by atoms with Gasteiger partial charge in [-0.1, -0.05) is 18.2 Å². The van der Waals surface area contributed by atoms with Crippen LogP contribution in [0.1, 0.15) is 16.8 Å². The summed E-state index contributed by atoms with van der Waals surface area (Å²) in [6, 6.07) is 11.4. The summed E-state index contributed by atoms with van der Waals surface area (Å²) in [7, 11) is 0. The molecule has 1 aliphatic heterocycles.